The fourth-order valence-corrected chi connectivity index (χ4v) is 1.60. The molecule has 2 atom stereocenters. The van der Waals surface area contributed by atoms with Crippen molar-refractivity contribution in [1.29, 1.82) is 0 Å². The molecule has 6 heteroatoms. The number of urea groups is 1. The van der Waals surface area contributed by atoms with E-state index in [9.17, 15) is 9.59 Å². The van der Waals surface area contributed by atoms with Gasteiger partial charge >= 0.3 is 12.0 Å². The number of carboxylic acid groups (broad SMARTS) is 1. The van der Waals surface area contributed by atoms with E-state index in [4.69, 9.17) is 9.84 Å². The summed E-state index contributed by atoms with van der Waals surface area (Å²) >= 11 is 0. The number of rotatable bonds is 8. The van der Waals surface area contributed by atoms with E-state index < -0.39 is 18.0 Å². The lowest BCUT2D eigenvalue weighted by molar-refractivity contribution is -0.139. The van der Waals surface area contributed by atoms with Gasteiger partial charge < -0.3 is 20.5 Å². The Kier molecular flexibility index (Phi) is 8.11. The number of carbonyl (C=O) groups excluding carboxylic acids is 1. The molecule has 6 nitrogen and oxygen atoms in total. The van der Waals surface area contributed by atoms with Gasteiger partial charge in [0.15, 0.2) is 0 Å². The first-order valence-corrected chi connectivity index (χ1v) is 6.21. The maximum Gasteiger partial charge on any atom is 0.326 e. The van der Waals surface area contributed by atoms with Crippen LogP contribution in [-0.4, -0.2) is 42.9 Å². The van der Waals surface area contributed by atoms with E-state index in [0.717, 1.165) is 6.42 Å². The van der Waals surface area contributed by atoms with E-state index in [0.29, 0.717) is 12.5 Å². The van der Waals surface area contributed by atoms with Crippen molar-refractivity contribution in [3.63, 3.8) is 0 Å². The van der Waals surface area contributed by atoms with Crippen molar-refractivity contribution in [2.45, 2.75) is 45.7 Å². The lowest BCUT2D eigenvalue weighted by Gasteiger charge is -2.22. The number of carbonyl (C=O) groups is 2. The third-order valence-corrected chi connectivity index (χ3v) is 2.78. The molecule has 0 bridgehead atoms. The fourth-order valence-electron chi connectivity index (χ4n) is 1.60. The molecule has 0 rings (SSSR count). The van der Waals surface area contributed by atoms with Crippen molar-refractivity contribution in [2.24, 2.45) is 5.92 Å². The number of carboxylic acids is 1. The first-order chi connectivity index (χ1) is 8.42. The average Bonchev–Trinajstić information content (AvgIpc) is 2.30. The van der Waals surface area contributed by atoms with Crippen molar-refractivity contribution in [1.82, 2.24) is 10.6 Å². The van der Waals surface area contributed by atoms with Crippen LogP contribution in [-0.2, 0) is 9.53 Å². The second kappa shape index (κ2) is 8.74. The number of hydrogen-bond acceptors (Lipinski definition) is 3. The van der Waals surface area contributed by atoms with E-state index >= 15 is 0 Å². The number of hydrogen-bond donors (Lipinski definition) is 3. The van der Waals surface area contributed by atoms with Crippen molar-refractivity contribution in [3.05, 3.63) is 0 Å². The van der Waals surface area contributed by atoms with Crippen LogP contribution in [0.5, 0.6) is 0 Å². The quantitative estimate of drug-likeness (QED) is 0.612. The van der Waals surface area contributed by atoms with Crippen LogP contribution < -0.4 is 10.6 Å². The van der Waals surface area contributed by atoms with Crippen molar-refractivity contribution < 1.29 is 19.4 Å². The second-order valence-corrected chi connectivity index (χ2v) is 4.55. The Morgan fingerprint density at radius 3 is 2.28 bits per heavy atom. The van der Waals surface area contributed by atoms with Gasteiger partial charge in [0.25, 0.3) is 0 Å². The van der Waals surface area contributed by atoms with Gasteiger partial charge in [0, 0.05) is 26.2 Å². The second-order valence-electron chi connectivity index (χ2n) is 4.55. The summed E-state index contributed by atoms with van der Waals surface area (Å²) in [5.41, 5.74) is 0. The molecule has 0 spiro atoms. The van der Waals surface area contributed by atoms with E-state index in [1.807, 2.05) is 20.8 Å². The van der Waals surface area contributed by atoms with Crippen LogP contribution in [0.1, 0.15) is 33.6 Å². The van der Waals surface area contributed by atoms with Crippen LogP contribution in [0.15, 0.2) is 0 Å². The normalized spacial score (nSPS) is 14.1. The zero-order chi connectivity index (χ0) is 14.1. The van der Waals surface area contributed by atoms with E-state index in [1.54, 1.807) is 0 Å². The highest BCUT2D eigenvalue weighted by molar-refractivity contribution is 5.82. The Labute approximate surface area is 108 Å². The van der Waals surface area contributed by atoms with Gasteiger partial charge in [-0.1, -0.05) is 20.8 Å². The predicted octanol–water partition coefficient (Wildman–Crippen LogP) is 1.21. The molecule has 0 aliphatic rings. The summed E-state index contributed by atoms with van der Waals surface area (Å²) in [6, 6.07) is -1.32. The number of amides is 2. The van der Waals surface area contributed by atoms with Gasteiger partial charge in [-0.05, 0) is 12.3 Å². The van der Waals surface area contributed by atoms with Gasteiger partial charge in [-0.15, -0.1) is 0 Å². The highest BCUT2D eigenvalue weighted by atomic mass is 16.5. The Hall–Kier alpha value is -1.30. The van der Waals surface area contributed by atoms with Gasteiger partial charge in [-0.2, -0.15) is 0 Å². The molecule has 2 amide bonds. The smallest absolute Gasteiger partial charge is 0.326 e. The molecule has 0 aromatic heterocycles. The molecular formula is C12H24N2O4. The Bertz CT molecular complexity index is 269. The lowest BCUT2D eigenvalue weighted by Crippen LogP contribution is -2.50. The van der Waals surface area contributed by atoms with Gasteiger partial charge in [0.1, 0.15) is 6.04 Å². The van der Waals surface area contributed by atoms with Crippen LogP contribution in [0.2, 0.25) is 0 Å². The maximum atomic E-state index is 11.7. The molecule has 106 valence electrons. The fraction of sp³-hybridized carbons (Fsp3) is 0.833. The van der Waals surface area contributed by atoms with Gasteiger partial charge in [0.05, 0.1) is 0 Å². The molecule has 0 aliphatic carbocycles. The first-order valence-electron chi connectivity index (χ1n) is 6.21. The summed E-state index contributed by atoms with van der Waals surface area (Å²) < 4.78 is 4.81. The number of aliphatic carboxylic acids is 1. The molecule has 0 aromatic carbocycles. The van der Waals surface area contributed by atoms with E-state index in [2.05, 4.69) is 10.6 Å². The molecule has 0 aliphatic heterocycles. The number of nitrogens with one attached hydrogen (secondary N) is 2. The molecule has 3 N–H and O–H groups in total. The third-order valence-electron chi connectivity index (χ3n) is 2.78. The summed E-state index contributed by atoms with van der Waals surface area (Å²) in [6.07, 6.45) is 1.05. The maximum absolute atomic E-state index is 11.7. The molecule has 0 fully saturated rings. The minimum absolute atomic E-state index is 0.0434. The summed E-state index contributed by atoms with van der Waals surface area (Å²) in [5, 5.41) is 14.2. The molecule has 0 heterocycles. The molecule has 18 heavy (non-hydrogen) atoms. The topological polar surface area (TPSA) is 87.7 Å². The minimum atomic E-state index is -1.06. The highest BCUT2D eigenvalue weighted by Gasteiger charge is 2.21. The van der Waals surface area contributed by atoms with Gasteiger partial charge in [-0.3, -0.25) is 0 Å². The van der Waals surface area contributed by atoms with Crippen molar-refractivity contribution in [3.8, 4) is 0 Å². The van der Waals surface area contributed by atoms with Crippen LogP contribution in [0.3, 0.4) is 0 Å². The molecule has 2 unspecified atom stereocenters. The zero-order valence-electron chi connectivity index (χ0n) is 11.5. The Morgan fingerprint density at radius 1 is 1.28 bits per heavy atom. The molecular weight excluding hydrogens is 236 g/mol. The van der Waals surface area contributed by atoms with Gasteiger partial charge in [-0.25, -0.2) is 9.59 Å². The Morgan fingerprint density at radius 2 is 1.89 bits per heavy atom. The minimum Gasteiger partial charge on any atom is -0.480 e. The largest absolute Gasteiger partial charge is 0.480 e. The van der Waals surface area contributed by atoms with E-state index in [-0.39, 0.29) is 12.5 Å². The van der Waals surface area contributed by atoms with Gasteiger partial charge in [0.2, 0.25) is 0 Å². The highest BCUT2D eigenvalue weighted by Crippen LogP contribution is 2.05. The number of ether oxygens (including phenoxy) is 1. The zero-order valence-corrected chi connectivity index (χ0v) is 11.5. The molecule has 0 aromatic rings. The summed E-state index contributed by atoms with van der Waals surface area (Å²) in [6.45, 7) is 6.28. The van der Waals surface area contributed by atoms with Crippen LogP contribution in [0.25, 0.3) is 0 Å². The summed E-state index contributed by atoms with van der Waals surface area (Å²) in [4.78, 5) is 22.6. The van der Waals surface area contributed by atoms with E-state index in [1.165, 1.54) is 7.11 Å². The lowest BCUT2D eigenvalue weighted by atomic mass is 10.0. The van der Waals surface area contributed by atoms with Crippen molar-refractivity contribution >= 4 is 12.0 Å². The Balaban J connectivity index is 4.28. The SMILES string of the molecule is CCC(NC(=O)NC(CCOC)C(=O)O)C(C)C. The van der Waals surface area contributed by atoms with Crippen LogP contribution in [0, 0.1) is 5.92 Å². The summed E-state index contributed by atoms with van der Waals surface area (Å²) in [5.74, 6) is -0.747. The predicted molar refractivity (Wildman–Crippen MR) is 68.5 cm³/mol. The summed E-state index contributed by atoms with van der Waals surface area (Å²) in [7, 11) is 1.49. The third kappa shape index (κ3) is 6.44. The standard InChI is InChI=1S/C12H24N2O4/c1-5-9(8(2)3)13-12(17)14-10(11(15)16)6-7-18-4/h8-10H,5-7H2,1-4H3,(H,15,16)(H2,13,14,17). The molecule has 0 radical (unpaired) electrons. The van der Waals surface area contributed by atoms with Crippen molar-refractivity contribution in [2.75, 3.05) is 13.7 Å². The first kappa shape index (κ1) is 16.7. The number of methoxy groups -OCH3 is 1. The molecule has 0 saturated carbocycles. The average molecular weight is 260 g/mol. The van der Waals surface area contributed by atoms with Crippen LogP contribution in [0.4, 0.5) is 4.79 Å². The van der Waals surface area contributed by atoms with Crippen LogP contribution >= 0.6 is 0 Å². The monoisotopic (exact) mass is 260 g/mol. The molecule has 0 saturated heterocycles.